The SMILES string of the molecule is CN1C(Cl)=CCC1C(=O)N1CCn2nc(OCc3ccccc3)cc2C1. The number of rotatable bonds is 4. The largest absolute Gasteiger partial charge is 0.472 e. The Hall–Kier alpha value is -2.47. The molecule has 1 aromatic carbocycles. The molecule has 3 heterocycles. The number of fused-ring (bicyclic) bond motifs is 1. The molecule has 2 aliphatic rings. The lowest BCUT2D eigenvalue weighted by Crippen LogP contribution is -2.47. The molecule has 2 aliphatic heterocycles. The monoisotopic (exact) mass is 372 g/mol. The highest BCUT2D eigenvalue weighted by molar-refractivity contribution is 6.29. The summed E-state index contributed by atoms with van der Waals surface area (Å²) < 4.78 is 7.73. The number of nitrogens with zero attached hydrogens (tertiary/aromatic N) is 4. The van der Waals surface area contributed by atoms with Crippen LogP contribution in [0.3, 0.4) is 0 Å². The van der Waals surface area contributed by atoms with E-state index in [-0.39, 0.29) is 11.9 Å². The molecule has 26 heavy (non-hydrogen) atoms. The van der Waals surface area contributed by atoms with E-state index < -0.39 is 0 Å². The lowest BCUT2D eigenvalue weighted by atomic mass is 10.2. The molecule has 0 saturated heterocycles. The molecule has 0 fully saturated rings. The standard InChI is InChI=1S/C19H21ClN4O2/c1-22-16(7-8-17(22)20)19(25)23-9-10-24-15(12-23)11-18(21-24)26-13-14-5-3-2-4-6-14/h2-6,8,11,16H,7,9-10,12-13H2,1H3. The van der Waals surface area contributed by atoms with E-state index in [4.69, 9.17) is 16.3 Å². The molecular weight excluding hydrogens is 352 g/mol. The molecule has 7 heteroatoms. The van der Waals surface area contributed by atoms with Crippen molar-refractivity contribution in [3.05, 3.63) is 58.9 Å². The van der Waals surface area contributed by atoms with Gasteiger partial charge in [-0.1, -0.05) is 41.9 Å². The normalized spacial score (nSPS) is 19.3. The molecule has 0 N–H and O–H groups in total. The van der Waals surface area contributed by atoms with Crippen LogP contribution in [0, 0.1) is 0 Å². The number of hydrogen-bond donors (Lipinski definition) is 0. The summed E-state index contributed by atoms with van der Waals surface area (Å²) in [5.41, 5.74) is 2.09. The van der Waals surface area contributed by atoms with Crippen LogP contribution < -0.4 is 4.74 Å². The van der Waals surface area contributed by atoms with Crippen molar-refractivity contribution >= 4 is 17.5 Å². The maximum absolute atomic E-state index is 12.8. The third-order valence-electron chi connectivity index (χ3n) is 4.92. The zero-order valence-corrected chi connectivity index (χ0v) is 15.4. The number of halogens is 1. The second-order valence-corrected chi connectivity index (χ2v) is 7.01. The average Bonchev–Trinajstić information content (AvgIpc) is 3.23. The van der Waals surface area contributed by atoms with Crippen LogP contribution in [0.15, 0.2) is 47.6 Å². The summed E-state index contributed by atoms with van der Waals surface area (Å²) in [4.78, 5) is 16.5. The summed E-state index contributed by atoms with van der Waals surface area (Å²) in [6.45, 7) is 2.35. The fourth-order valence-corrected chi connectivity index (χ4v) is 3.57. The van der Waals surface area contributed by atoms with E-state index in [1.54, 1.807) is 0 Å². The first-order valence-electron chi connectivity index (χ1n) is 8.72. The molecule has 6 nitrogen and oxygen atoms in total. The van der Waals surface area contributed by atoms with Gasteiger partial charge in [-0.2, -0.15) is 0 Å². The summed E-state index contributed by atoms with van der Waals surface area (Å²) in [5.74, 6) is 0.708. The molecule has 0 radical (unpaired) electrons. The molecule has 0 bridgehead atoms. The van der Waals surface area contributed by atoms with E-state index in [1.807, 2.05) is 64.0 Å². The number of aromatic nitrogens is 2. The summed E-state index contributed by atoms with van der Waals surface area (Å²) in [6, 6.07) is 11.7. The topological polar surface area (TPSA) is 50.6 Å². The van der Waals surface area contributed by atoms with Gasteiger partial charge in [0.1, 0.15) is 17.8 Å². The Kier molecular flexibility index (Phi) is 4.59. The molecule has 4 rings (SSSR count). The van der Waals surface area contributed by atoms with Crippen molar-refractivity contribution in [2.45, 2.75) is 32.2 Å². The van der Waals surface area contributed by atoms with Gasteiger partial charge in [-0.15, -0.1) is 5.10 Å². The van der Waals surface area contributed by atoms with E-state index in [0.29, 0.717) is 43.7 Å². The quantitative estimate of drug-likeness (QED) is 0.774. The zero-order valence-electron chi connectivity index (χ0n) is 14.6. The fourth-order valence-electron chi connectivity index (χ4n) is 3.37. The number of carbonyl (C=O) groups is 1. The lowest BCUT2D eigenvalue weighted by molar-refractivity contribution is -0.136. The van der Waals surface area contributed by atoms with Crippen LogP contribution in [0.5, 0.6) is 5.88 Å². The molecule has 2 aromatic rings. The Morgan fingerprint density at radius 3 is 2.85 bits per heavy atom. The van der Waals surface area contributed by atoms with Gasteiger partial charge in [-0.3, -0.25) is 9.48 Å². The maximum Gasteiger partial charge on any atom is 0.246 e. The van der Waals surface area contributed by atoms with Gasteiger partial charge in [0.25, 0.3) is 0 Å². The van der Waals surface area contributed by atoms with Crippen LogP contribution in [-0.4, -0.2) is 45.1 Å². The number of hydrogen-bond acceptors (Lipinski definition) is 4. The van der Waals surface area contributed by atoms with Crippen molar-refractivity contribution in [3.63, 3.8) is 0 Å². The molecule has 1 aromatic heterocycles. The van der Waals surface area contributed by atoms with Gasteiger partial charge < -0.3 is 14.5 Å². The van der Waals surface area contributed by atoms with Crippen LogP contribution in [-0.2, 0) is 24.5 Å². The first kappa shape index (κ1) is 17.0. The van der Waals surface area contributed by atoms with Crippen LogP contribution >= 0.6 is 11.6 Å². The van der Waals surface area contributed by atoms with E-state index in [1.165, 1.54) is 0 Å². The highest BCUT2D eigenvalue weighted by Gasteiger charge is 2.33. The first-order chi connectivity index (χ1) is 12.6. The highest BCUT2D eigenvalue weighted by atomic mass is 35.5. The van der Waals surface area contributed by atoms with Crippen molar-refractivity contribution in [1.82, 2.24) is 19.6 Å². The third kappa shape index (κ3) is 3.29. The van der Waals surface area contributed by atoms with Gasteiger partial charge in [-0.25, -0.2) is 0 Å². The second kappa shape index (κ2) is 7.03. The Morgan fingerprint density at radius 2 is 2.12 bits per heavy atom. The van der Waals surface area contributed by atoms with Crippen molar-refractivity contribution in [1.29, 1.82) is 0 Å². The Balaban J connectivity index is 1.40. The van der Waals surface area contributed by atoms with Crippen LogP contribution in [0.25, 0.3) is 0 Å². The van der Waals surface area contributed by atoms with Crippen molar-refractivity contribution in [2.24, 2.45) is 0 Å². The van der Waals surface area contributed by atoms with Crippen molar-refractivity contribution < 1.29 is 9.53 Å². The second-order valence-electron chi connectivity index (χ2n) is 6.62. The number of ether oxygens (including phenoxy) is 1. The molecular formula is C19H21ClN4O2. The van der Waals surface area contributed by atoms with Crippen molar-refractivity contribution in [2.75, 3.05) is 13.6 Å². The van der Waals surface area contributed by atoms with Gasteiger partial charge in [0.05, 0.1) is 18.8 Å². The minimum atomic E-state index is -0.203. The van der Waals surface area contributed by atoms with Gasteiger partial charge in [0.15, 0.2) is 0 Å². The number of benzene rings is 1. The van der Waals surface area contributed by atoms with E-state index in [2.05, 4.69) is 5.10 Å². The predicted octanol–water partition coefficient (Wildman–Crippen LogP) is 2.59. The fraction of sp³-hybridized carbons (Fsp3) is 0.368. The van der Waals surface area contributed by atoms with Crippen LogP contribution in [0.4, 0.5) is 0 Å². The lowest BCUT2D eigenvalue weighted by Gasteiger charge is -2.32. The third-order valence-corrected chi connectivity index (χ3v) is 5.34. The smallest absolute Gasteiger partial charge is 0.246 e. The van der Waals surface area contributed by atoms with Gasteiger partial charge in [0, 0.05) is 19.7 Å². The molecule has 136 valence electrons. The molecule has 0 saturated carbocycles. The number of likely N-dealkylation sites (N-methyl/N-ethyl adjacent to an activating group) is 1. The van der Waals surface area contributed by atoms with Gasteiger partial charge in [0.2, 0.25) is 11.8 Å². The minimum Gasteiger partial charge on any atom is -0.472 e. The van der Waals surface area contributed by atoms with Gasteiger partial charge >= 0.3 is 0 Å². The van der Waals surface area contributed by atoms with Crippen LogP contribution in [0.1, 0.15) is 17.7 Å². The Morgan fingerprint density at radius 1 is 1.31 bits per heavy atom. The molecule has 1 unspecified atom stereocenters. The summed E-state index contributed by atoms with van der Waals surface area (Å²) in [7, 11) is 1.86. The highest BCUT2D eigenvalue weighted by Crippen LogP contribution is 2.26. The van der Waals surface area contributed by atoms with Crippen LogP contribution in [0.2, 0.25) is 0 Å². The predicted molar refractivity (Wildman–Crippen MR) is 98.5 cm³/mol. The van der Waals surface area contributed by atoms with E-state index in [9.17, 15) is 4.79 Å². The number of carbonyl (C=O) groups excluding carboxylic acids is 1. The number of amides is 1. The summed E-state index contributed by atoms with van der Waals surface area (Å²) in [6.07, 6.45) is 2.56. The molecule has 1 amide bonds. The minimum absolute atomic E-state index is 0.110. The summed E-state index contributed by atoms with van der Waals surface area (Å²) >= 11 is 6.10. The molecule has 0 spiro atoms. The Labute approximate surface area is 157 Å². The van der Waals surface area contributed by atoms with Crippen molar-refractivity contribution in [3.8, 4) is 5.88 Å². The Bertz CT molecular complexity index is 833. The average molecular weight is 373 g/mol. The zero-order chi connectivity index (χ0) is 18.1. The van der Waals surface area contributed by atoms with E-state index in [0.717, 1.165) is 11.3 Å². The molecule has 0 aliphatic carbocycles. The maximum atomic E-state index is 12.8. The summed E-state index contributed by atoms with van der Waals surface area (Å²) in [5, 5.41) is 5.14. The van der Waals surface area contributed by atoms with E-state index >= 15 is 0 Å². The molecule has 1 atom stereocenters. The first-order valence-corrected chi connectivity index (χ1v) is 9.10. The van der Waals surface area contributed by atoms with Gasteiger partial charge in [-0.05, 0) is 18.1 Å².